The van der Waals surface area contributed by atoms with Crippen LogP contribution in [0.5, 0.6) is 0 Å². The summed E-state index contributed by atoms with van der Waals surface area (Å²) in [7, 11) is 1.90. The summed E-state index contributed by atoms with van der Waals surface area (Å²) in [5.74, 6) is 0. The summed E-state index contributed by atoms with van der Waals surface area (Å²) in [4.78, 5) is 0. The Bertz CT molecular complexity index is 473. The molecule has 2 N–H and O–H groups in total. The van der Waals surface area contributed by atoms with Gasteiger partial charge in [0.15, 0.2) is 0 Å². The number of halogens is 1. The number of fused-ring (bicyclic) bond motifs is 1. The van der Waals surface area contributed by atoms with Gasteiger partial charge in [-0.15, -0.1) is 0 Å². The fourth-order valence-corrected chi connectivity index (χ4v) is 2.24. The first-order valence-electron chi connectivity index (χ1n) is 3.97. The van der Waals surface area contributed by atoms with Crippen LogP contribution in [-0.2, 0) is 7.05 Å². The van der Waals surface area contributed by atoms with E-state index in [4.69, 9.17) is 5.73 Å². The summed E-state index contributed by atoms with van der Waals surface area (Å²) in [5, 5.41) is 5.28. The first kappa shape index (κ1) is 8.56. The molecular weight excluding hydrogens is 230 g/mol. The Labute approximate surface area is 84.7 Å². The highest BCUT2D eigenvalue weighted by Gasteiger charge is 2.09. The zero-order valence-corrected chi connectivity index (χ0v) is 9.09. The van der Waals surface area contributed by atoms with Crippen molar-refractivity contribution in [3.8, 4) is 0 Å². The Hall–Kier alpha value is -1.03. The molecule has 1 aromatic carbocycles. The molecule has 2 aromatic rings. The van der Waals surface area contributed by atoms with Gasteiger partial charge in [0, 0.05) is 12.4 Å². The van der Waals surface area contributed by atoms with Crippen molar-refractivity contribution in [3.05, 3.63) is 22.3 Å². The second-order valence-electron chi connectivity index (χ2n) is 3.13. The van der Waals surface area contributed by atoms with Crippen molar-refractivity contribution in [1.82, 2.24) is 9.78 Å². The maximum Gasteiger partial charge on any atom is 0.0842 e. The van der Waals surface area contributed by atoms with E-state index in [1.165, 1.54) is 0 Å². The molecule has 0 bridgehead atoms. The maximum absolute atomic E-state index is 5.89. The van der Waals surface area contributed by atoms with Crippen molar-refractivity contribution in [2.24, 2.45) is 7.05 Å². The van der Waals surface area contributed by atoms with E-state index in [0.717, 1.165) is 26.6 Å². The van der Waals surface area contributed by atoms with E-state index in [0.29, 0.717) is 0 Å². The molecule has 0 saturated heterocycles. The van der Waals surface area contributed by atoms with Crippen molar-refractivity contribution >= 4 is 32.5 Å². The van der Waals surface area contributed by atoms with E-state index in [1.54, 1.807) is 0 Å². The molecule has 68 valence electrons. The standard InChI is InChI=1S/C9H10BrN3/c1-5-3-6-4-12-13(2)9(6)7(10)8(5)11/h3-4H,11H2,1-2H3. The van der Waals surface area contributed by atoms with E-state index >= 15 is 0 Å². The van der Waals surface area contributed by atoms with E-state index in [9.17, 15) is 0 Å². The molecule has 1 aromatic heterocycles. The number of aromatic nitrogens is 2. The number of benzene rings is 1. The normalized spacial score (nSPS) is 11.0. The van der Waals surface area contributed by atoms with Gasteiger partial charge in [0.05, 0.1) is 21.9 Å². The van der Waals surface area contributed by atoms with Crippen LogP contribution in [-0.4, -0.2) is 9.78 Å². The van der Waals surface area contributed by atoms with Gasteiger partial charge in [-0.2, -0.15) is 5.10 Å². The van der Waals surface area contributed by atoms with Gasteiger partial charge in [0.25, 0.3) is 0 Å². The lowest BCUT2D eigenvalue weighted by Crippen LogP contribution is -1.95. The van der Waals surface area contributed by atoms with Crippen LogP contribution in [0.2, 0.25) is 0 Å². The second-order valence-corrected chi connectivity index (χ2v) is 3.92. The zero-order valence-electron chi connectivity index (χ0n) is 7.50. The number of rotatable bonds is 0. The third-order valence-electron chi connectivity index (χ3n) is 2.21. The van der Waals surface area contributed by atoms with E-state index in [1.807, 2.05) is 30.9 Å². The summed E-state index contributed by atoms with van der Waals surface area (Å²) in [5.41, 5.74) is 8.80. The molecule has 0 amide bonds. The van der Waals surface area contributed by atoms with Crippen LogP contribution in [0.1, 0.15) is 5.56 Å². The van der Waals surface area contributed by atoms with Crippen LogP contribution in [0, 0.1) is 6.92 Å². The predicted octanol–water partition coefficient (Wildman–Crippen LogP) is 2.23. The predicted molar refractivity (Wildman–Crippen MR) is 57.6 cm³/mol. The van der Waals surface area contributed by atoms with Gasteiger partial charge in [-0.3, -0.25) is 4.68 Å². The Morgan fingerprint density at radius 2 is 2.23 bits per heavy atom. The molecule has 0 atom stereocenters. The number of anilines is 1. The summed E-state index contributed by atoms with van der Waals surface area (Å²) in [6, 6.07) is 2.04. The Kier molecular flexibility index (Phi) is 1.80. The molecule has 13 heavy (non-hydrogen) atoms. The van der Waals surface area contributed by atoms with Gasteiger partial charge in [-0.05, 0) is 34.5 Å². The highest BCUT2D eigenvalue weighted by molar-refractivity contribution is 9.10. The van der Waals surface area contributed by atoms with Gasteiger partial charge < -0.3 is 5.73 Å². The molecule has 0 spiro atoms. The third-order valence-corrected chi connectivity index (χ3v) is 3.01. The lowest BCUT2D eigenvalue weighted by molar-refractivity contribution is 0.795. The number of nitrogens with two attached hydrogens (primary N) is 1. The fraction of sp³-hybridized carbons (Fsp3) is 0.222. The van der Waals surface area contributed by atoms with Gasteiger partial charge in [0.1, 0.15) is 0 Å². The average molecular weight is 240 g/mol. The molecule has 0 fully saturated rings. The topological polar surface area (TPSA) is 43.8 Å². The minimum Gasteiger partial charge on any atom is -0.398 e. The molecular formula is C9H10BrN3. The average Bonchev–Trinajstić information content (AvgIpc) is 2.43. The smallest absolute Gasteiger partial charge is 0.0842 e. The highest BCUT2D eigenvalue weighted by atomic mass is 79.9. The van der Waals surface area contributed by atoms with Crippen LogP contribution in [0.15, 0.2) is 16.7 Å². The lowest BCUT2D eigenvalue weighted by Gasteiger charge is -2.05. The largest absolute Gasteiger partial charge is 0.398 e. The van der Waals surface area contributed by atoms with Crippen molar-refractivity contribution in [3.63, 3.8) is 0 Å². The Balaban J connectivity index is 2.97. The van der Waals surface area contributed by atoms with Gasteiger partial charge in [0.2, 0.25) is 0 Å². The molecule has 3 nitrogen and oxygen atoms in total. The van der Waals surface area contributed by atoms with Crippen molar-refractivity contribution in [2.75, 3.05) is 5.73 Å². The number of nitrogens with zero attached hydrogens (tertiary/aromatic N) is 2. The van der Waals surface area contributed by atoms with E-state index in [-0.39, 0.29) is 0 Å². The van der Waals surface area contributed by atoms with Gasteiger partial charge in [-0.1, -0.05) is 0 Å². The molecule has 0 radical (unpaired) electrons. The maximum atomic E-state index is 5.89. The minimum absolute atomic E-state index is 0.788. The quantitative estimate of drug-likeness (QED) is 0.717. The lowest BCUT2D eigenvalue weighted by atomic mass is 10.1. The Morgan fingerprint density at radius 3 is 2.92 bits per heavy atom. The summed E-state index contributed by atoms with van der Waals surface area (Å²) in [6.07, 6.45) is 1.84. The number of hydrogen-bond acceptors (Lipinski definition) is 2. The first-order chi connectivity index (χ1) is 6.11. The monoisotopic (exact) mass is 239 g/mol. The summed E-state index contributed by atoms with van der Waals surface area (Å²) >= 11 is 3.48. The number of hydrogen-bond donors (Lipinski definition) is 1. The van der Waals surface area contributed by atoms with Crippen LogP contribution in [0.4, 0.5) is 5.69 Å². The first-order valence-corrected chi connectivity index (χ1v) is 4.77. The third kappa shape index (κ3) is 1.13. The van der Waals surface area contributed by atoms with Crippen molar-refractivity contribution in [2.45, 2.75) is 6.92 Å². The number of aryl methyl sites for hydroxylation is 2. The second kappa shape index (κ2) is 2.73. The molecule has 0 aliphatic rings. The fourth-order valence-electron chi connectivity index (χ4n) is 1.44. The summed E-state index contributed by atoms with van der Waals surface area (Å²) in [6.45, 7) is 1.99. The van der Waals surface area contributed by atoms with E-state index in [2.05, 4.69) is 21.0 Å². The molecule has 2 rings (SSSR count). The van der Waals surface area contributed by atoms with Crippen molar-refractivity contribution in [1.29, 1.82) is 0 Å². The van der Waals surface area contributed by atoms with Gasteiger partial charge >= 0.3 is 0 Å². The minimum atomic E-state index is 0.788. The molecule has 4 heteroatoms. The van der Waals surface area contributed by atoms with Crippen LogP contribution in [0.3, 0.4) is 0 Å². The zero-order chi connectivity index (χ0) is 9.59. The van der Waals surface area contributed by atoms with Crippen LogP contribution in [0.25, 0.3) is 10.9 Å². The molecule has 0 aliphatic carbocycles. The van der Waals surface area contributed by atoms with Crippen LogP contribution < -0.4 is 5.73 Å². The van der Waals surface area contributed by atoms with Crippen molar-refractivity contribution < 1.29 is 0 Å². The number of nitrogen functional groups attached to an aromatic ring is 1. The Morgan fingerprint density at radius 1 is 1.54 bits per heavy atom. The molecule has 1 heterocycles. The molecule has 0 saturated carbocycles. The SMILES string of the molecule is Cc1cc2cnn(C)c2c(Br)c1N. The highest BCUT2D eigenvalue weighted by Crippen LogP contribution is 2.31. The molecule has 0 unspecified atom stereocenters. The molecule has 0 aliphatic heterocycles. The van der Waals surface area contributed by atoms with E-state index < -0.39 is 0 Å². The van der Waals surface area contributed by atoms with Gasteiger partial charge in [-0.25, -0.2) is 0 Å². The van der Waals surface area contributed by atoms with Crippen LogP contribution >= 0.6 is 15.9 Å². The summed E-state index contributed by atoms with van der Waals surface area (Å²) < 4.78 is 2.75.